The molecule has 2 aromatic heterocycles. The third-order valence-electron chi connectivity index (χ3n) is 3.55. The molecule has 1 unspecified atom stereocenters. The van der Waals surface area contributed by atoms with E-state index in [2.05, 4.69) is 10.3 Å². The van der Waals surface area contributed by atoms with Gasteiger partial charge >= 0.3 is 0 Å². The number of aromatic nitrogens is 1. The number of benzene rings is 1. The van der Waals surface area contributed by atoms with Gasteiger partial charge in [0.05, 0.1) is 6.54 Å². The first kappa shape index (κ1) is 13.9. The molecule has 4 nitrogen and oxygen atoms in total. The molecule has 108 valence electrons. The van der Waals surface area contributed by atoms with Crippen molar-refractivity contribution < 1.29 is 9.90 Å². The highest BCUT2D eigenvalue weighted by Crippen LogP contribution is 2.22. The lowest BCUT2D eigenvalue weighted by Gasteiger charge is -2.22. The molecule has 0 spiro atoms. The molecule has 3 N–H and O–H groups in total. The van der Waals surface area contributed by atoms with Gasteiger partial charge in [0.15, 0.2) is 0 Å². The van der Waals surface area contributed by atoms with Crippen LogP contribution in [0.2, 0.25) is 0 Å². The molecule has 1 amide bonds. The largest absolute Gasteiger partial charge is 0.384 e. The summed E-state index contributed by atoms with van der Waals surface area (Å²) in [6.07, 6.45) is 1.84. The maximum Gasteiger partial charge on any atom is 0.251 e. The number of hydrogen-bond donors (Lipinski definition) is 3. The number of rotatable bonds is 4. The standard InChI is InChI=1S/C16H16N2O2S/c1-16(20,13-5-7-21-9-13)10-18-15(19)12-3-2-11-4-6-17-14(11)8-12/h2-9,17,20H,10H2,1H3,(H,18,19). The highest BCUT2D eigenvalue weighted by atomic mass is 32.1. The zero-order valence-corrected chi connectivity index (χ0v) is 12.4. The van der Waals surface area contributed by atoms with Gasteiger partial charge < -0.3 is 15.4 Å². The van der Waals surface area contributed by atoms with Crippen LogP contribution in [-0.2, 0) is 5.60 Å². The van der Waals surface area contributed by atoms with Crippen LogP contribution in [0.25, 0.3) is 10.9 Å². The monoisotopic (exact) mass is 300 g/mol. The van der Waals surface area contributed by atoms with Gasteiger partial charge in [-0.2, -0.15) is 11.3 Å². The molecule has 0 aliphatic carbocycles. The minimum Gasteiger partial charge on any atom is -0.384 e. The number of aliphatic hydroxyl groups is 1. The van der Waals surface area contributed by atoms with Crippen molar-refractivity contribution in [3.63, 3.8) is 0 Å². The van der Waals surface area contributed by atoms with E-state index >= 15 is 0 Å². The predicted molar refractivity (Wildman–Crippen MR) is 84.5 cm³/mol. The Bertz CT molecular complexity index is 760. The van der Waals surface area contributed by atoms with Crippen molar-refractivity contribution in [2.75, 3.05) is 6.54 Å². The first-order valence-electron chi connectivity index (χ1n) is 6.67. The number of aromatic amines is 1. The summed E-state index contributed by atoms with van der Waals surface area (Å²) in [6, 6.07) is 9.31. The van der Waals surface area contributed by atoms with Crippen molar-refractivity contribution in [2.45, 2.75) is 12.5 Å². The average molecular weight is 300 g/mol. The number of hydrogen-bond acceptors (Lipinski definition) is 3. The van der Waals surface area contributed by atoms with Crippen molar-refractivity contribution in [3.05, 3.63) is 58.4 Å². The summed E-state index contributed by atoms with van der Waals surface area (Å²) >= 11 is 1.52. The molecule has 0 aliphatic heterocycles. The van der Waals surface area contributed by atoms with E-state index in [1.165, 1.54) is 11.3 Å². The Labute approximate surface area is 126 Å². The van der Waals surface area contributed by atoms with Crippen molar-refractivity contribution in [1.82, 2.24) is 10.3 Å². The van der Waals surface area contributed by atoms with Gasteiger partial charge in [-0.15, -0.1) is 0 Å². The molecule has 0 saturated carbocycles. The summed E-state index contributed by atoms with van der Waals surface area (Å²) in [6.45, 7) is 1.87. The number of fused-ring (bicyclic) bond motifs is 1. The minimum atomic E-state index is -1.06. The van der Waals surface area contributed by atoms with E-state index in [1.807, 2.05) is 41.2 Å². The molecule has 3 aromatic rings. The molecule has 0 fully saturated rings. The Hall–Kier alpha value is -2.11. The Morgan fingerprint density at radius 3 is 3.00 bits per heavy atom. The number of carbonyl (C=O) groups excluding carboxylic acids is 1. The molecular weight excluding hydrogens is 284 g/mol. The molecule has 1 aromatic carbocycles. The average Bonchev–Trinajstić information content (AvgIpc) is 3.14. The van der Waals surface area contributed by atoms with E-state index in [4.69, 9.17) is 0 Å². The van der Waals surface area contributed by atoms with Crippen LogP contribution in [-0.4, -0.2) is 22.5 Å². The second-order valence-electron chi connectivity index (χ2n) is 5.25. The lowest BCUT2D eigenvalue weighted by molar-refractivity contribution is 0.0530. The first-order valence-corrected chi connectivity index (χ1v) is 7.61. The van der Waals surface area contributed by atoms with Crippen molar-refractivity contribution >= 4 is 28.1 Å². The topological polar surface area (TPSA) is 65.1 Å². The summed E-state index contributed by atoms with van der Waals surface area (Å²) in [5.41, 5.74) is 1.25. The van der Waals surface area contributed by atoms with Crippen LogP contribution in [0.1, 0.15) is 22.8 Å². The van der Waals surface area contributed by atoms with E-state index in [1.54, 1.807) is 13.0 Å². The molecule has 2 heterocycles. The van der Waals surface area contributed by atoms with Crippen LogP contribution in [0.15, 0.2) is 47.3 Å². The van der Waals surface area contributed by atoms with E-state index in [9.17, 15) is 9.90 Å². The number of thiophene rings is 1. The molecule has 5 heteroatoms. The Morgan fingerprint density at radius 1 is 1.38 bits per heavy atom. The van der Waals surface area contributed by atoms with Crippen LogP contribution < -0.4 is 5.32 Å². The third-order valence-corrected chi connectivity index (χ3v) is 4.24. The van der Waals surface area contributed by atoms with Gasteiger partial charge in [-0.05, 0) is 52.9 Å². The molecule has 3 rings (SSSR count). The molecule has 0 radical (unpaired) electrons. The Kier molecular flexibility index (Phi) is 3.53. The minimum absolute atomic E-state index is 0.172. The molecular formula is C16H16N2O2S. The van der Waals surface area contributed by atoms with Crippen molar-refractivity contribution in [1.29, 1.82) is 0 Å². The van der Waals surface area contributed by atoms with Crippen LogP contribution in [0, 0.1) is 0 Å². The number of carbonyl (C=O) groups is 1. The van der Waals surface area contributed by atoms with Gasteiger partial charge in [-0.1, -0.05) is 6.07 Å². The fourth-order valence-electron chi connectivity index (χ4n) is 2.22. The summed E-state index contributed by atoms with van der Waals surface area (Å²) in [7, 11) is 0. The molecule has 21 heavy (non-hydrogen) atoms. The van der Waals surface area contributed by atoms with Gasteiger partial charge in [0, 0.05) is 17.3 Å². The molecule has 0 saturated heterocycles. The number of amides is 1. The van der Waals surface area contributed by atoms with Crippen LogP contribution in [0.3, 0.4) is 0 Å². The zero-order valence-electron chi connectivity index (χ0n) is 11.6. The van der Waals surface area contributed by atoms with E-state index in [-0.39, 0.29) is 12.5 Å². The molecule has 1 atom stereocenters. The third kappa shape index (κ3) is 2.84. The summed E-state index contributed by atoms with van der Waals surface area (Å²) in [5, 5.41) is 18.0. The van der Waals surface area contributed by atoms with Crippen LogP contribution in [0.4, 0.5) is 0 Å². The lowest BCUT2D eigenvalue weighted by Crippen LogP contribution is -2.38. The van der Waals surface area contributed by atoms with Gasteiger partial charge in [0.25, 0.3) is 5.91 Å². The SMILES string of the molecule is CC(O)(CNC(=O)c1ccc2cc[nH]c2c1)c1ccsc1. The Morgan fingerprint density at radius 2 is 2.24 bits per heavy atom. The second kappa shape index (κ2) is 5.35. The van der Waals surface area contributed by atoms with Gasteiger partial charge in [0.1, 0.15) is 5.60 Å². The van der Waals surface area contributed by atoms with Gasteiger partial charge in [0.2, 0.25) is 0 Å². The first-order chi connectivity index (χ1) is 10.1. The zero-order chi connectivity index (χ0) is 14.9. The molecule has 0 aliphatic rings. The maximum atomic E-state index is 12.2. The molecule has 0 bridgehead atoms. The maximum absolute atomic E-state index is 12.2. The van der Waals surface area contributed by atoms with E-state index in [0.29, 0.717) is 5.56 Å². The Balaban J connectivity index is 1.71. The van der Waals surface area contributed by atoms with E-state index < -0.39 is 5.60 Å². The number of nitrogens with one attached hydrogen (secondary N) is 2. The smallest absolute Gasteiger partial charge is 0.251 e. The second-order valence-corrected chi connectivity index (χ2v) is 6.03. The quantitative estimate of drug-likeness (QED) is 0.693. The van der Waals surface area contributed by atoms with Crippen LogP contribution >= 0.6 is 11.3 Å². The summed E-state index contributed by atoms with van der Waals surface area (Å²) in [4.78, 5) is 15.3. The van der Waals surface area contributed by atoms with Crippen LogP contribution in [0.5, 0.6) is 0 Å². The van der Waals surface area contributed by atoms with Gasteiger partial charge in [-0.3, -0.25) is 4.79 Å². The van der Waals surface area contributed by atoms with Gasteiger partial charge in [-0.25, -0.2) is 0 Å². The fraction of sp³-hybridized carbons (Fsp3) is 0.188. The highest BCUT2D eigenvalue weighted by Gasteiger charge is 2.24. The fourth-order valence-corrected chi connectivity index (χ4v) is 3.00. The van der Waals surface area contributed by atoms with Crippen molar-refractivity contribution in [2.24, 2.45) is 0 Å². The van der Waals surface area contributed by atoms with Crippen molar-refractivity contribution in [3.8, 4) is 0 Å². The van der Waals surface area contributed by atoms with E-state index in [0.717, 1.165) is 16.5 Å². The number of H-pyrrole nitrogens is 1. The lowest BCUT2D eigenvalue weighted by atomic mass is 9.99. The summed E-state index contributed by atoms with van der Waals surface area (Å²) in [5.74, 6) is -0.193. The summed E-state index contributed by atoms with van der Waals surface area (Å²) < 4.78 is 0. The highest BCUT2D eigenvalue weighted by molar-refractivity contribution is 7.08. The normalized spacial score (nSPS) is 14.0. The predicted octanol–water partition coefficient (Wildman–Crippen LogP) is 2.87.